The summed E-state index contributed by atoms with van der Waals surface area (Å²) >= 11 is 22.3. The molecule has 0 saturated carbocycles. The summed E-state index contributed by atoms with van der Waals surface area (Å²) in [5.74, 6) is 0.734. The molecule has 1 aromatic heterocycles. The highest BCUT2D eigenvalue weighted by Crippen LogP contribution is 2.38. The van der Waals surface area contributed by atoms with E-state index in [1.807, 2.05) is 47.9 Å². The van der Waals surface area contributed by atoms with Crippen molar-refractivity contribution in [1.29, 1.82) is 0 Å². The molecule has 2 nitrogen and oxygen atoms in total. The van der Waals surface area contributed by atoms with Gasteiger partial charge in [0.1, 0.15) is 5.82 Å². The quantitative estimate of drug-likeness (QED) is 0.357. The van der Waals surface area contributed by atoms with Gasteiger partial charge >= 0.3 is 0 Å². The number of benzene rings is 2. The maximum atomic E-state index is 6.41. The highest BCUT2D eigenvalue weighted by atomic mass is 79.9. The van der Waals surface area contributed by atoms with Gasteiger partial charge in [-0.1, -0.05) is 35.3 Å². The minimum absolute atomic E-state index is 0.254. The molecule has 21 heavy (non-hydrogen) atoms. The number of aromatic nitrogens is 2. The molecular weight excluding hydrogens is 394 g/mol. The van der Waals surface area contributed by atoms with Crippen molar-refractivity contribution in [2.75, 3.05) is 0 Å². The molecule has 0 fully saturated rings. The zero-order chi connectivity index (χ0) is 15.1. The van der Waals surface area contributed by atoms with Gasteiger partial charge in [-0.3, -0.25) is 4.57 Å². The van der Waals surface area contributed by atoms with Crippen molar-refractivity contribution in [2.24, 2.45) is 0 Å². The van der Waals surface area contributed by atoms with Crippen molar-refractivity contribution in [2.45, 2.75) is 12.3 Å². The average Bonchev–Trinajstić information content (AvgIpc) is 2.85. The molecule has 0 aliphatic heterocycles. The number of rotatable bonds is 2. The SMILES string of the molecule is CC(Cl)c1nc2ccccc2n1-c1ccc(Br)c(Cl)c1Cl. The van der Waals surface area contributed by atoms with Crippen molar-refractivity contribution in [3.63, 3.8) is 0 Å². The summed E-state index contributed by atoms with van der Waals surface area (Å²) in [6.45, 7) is 1.88. The largest absolute Gasteiger partial charge is 0.293 e. The lowest BCUT2D eigenvalue weighted by Gasteiger charge is -2.13. The Balaban J connectivity index is 2.39. The molecule has 0 bridgehead atoms. The van der Waals surface area contributed by atoms with Gasteiger partial charge in [0.25, 0.3) is 0 Å². The molecule has 1 unspecified atom stereocenters. The zero-order valence-electron chi connectivity index (χ0n) is 10.9. The Morgan fingerprint density at radius 1 is 1.10 bits per heavy atom. The van der Waals surface area contributed by atoms with Crippen molar-refractivity contribution < 1.29 is 0 Å². The van der Waals surface area contributed by atoms with E-state index in [-0.39, 0.29) is 5.38 Å². The second-order valence-electron chi connectivity index (χ2n) is 4.60. The van der Waals surface area contributed by atoms with Crippen molar-refractivity contribution in [1.82, 2.24) is 9.55 Å². The van der Waals surface area contributed by atoms with Crippen molar-refractivity contribution in [3.05, 3.63) is 56.7 Å². The van der Waals surface area contributed by atoms with E-state index in [4.69, 9.17) is 34.8 Å². The predicted octanol–water partition coefficient (Wildman–Crippen LogP) is 6.39. The molecule has 0 saturated heterocycles. The molecule has 0 radical (unpaired) electrons. The van der Waals surface area contributed by atoms with E-state index in [0.717, 1.165) is 27.0 Å². The summed E-state index contributed by atoms with van der Waals surface area (Å²) in [6.07, 6.45) is 0. The van der Waals surface area contributed by atoms with E-state index < -0.39 is 0 Å². The minimum atomic E-state index is -0.254. The summed E-state index contributed by atoms with van der Waals surface area (Å²) in [7, 11) is 0. The maximum absolute atomic E-state index is 6.41. The summed E-state index contributed by atoms with van der Waals surface area (Å²) in [6, 6.07) is 11.6. The summed E-state index contributed by atoms with van der Waals surface area (Å²) in [5, 5.41) is 0.684. The molecule has 3 rings (SSSR count). The lowest BCUT2D eigenvalue weighted by Crippen LogP contribution is -2.03. The van der Waals surface area contributed by atoms with Crippen molar-refractivity contribution in [3.8, 4) is 5.69 Å². The Morgan fingerprint density at radius 3 is 2.52 bits per heavy atom. The van der Waals surface area contributed by atoms with Gasteiger partial charge in [-0.2, -0.15) is 0 Å². The van der Waals surface area contributed by atoms with Gasteiger partial charge in [0.2, 0.25) is 0 Å². The van der Waals surface area contributed by atoms with Crippen molar-refractivity contribution >= 4 is 61.8 Å². The fourth-order valence-electron chi connectivity index (χ4n) is 2.25. The molecule has 2 aromatic carbocycles. The minimum Gasteiger partial charge on any atom is -0.293 e. The fourth-order valence-corrected chi connectivity index (χ4v) is 3.25. The third-order valence-corrected chi connectivity index (χ3v) is 5.15. The topological polar surface area (TPSA) is 17.8 Å². The number of hydrogen-bond donors (Lipinski definition) is 0. The van der Waals surface area contributed by atoms with Crippen LogP contribution in [0.1, 0.15) is 18.1 Å². The lowest BCUT2D eigenvalue weighted by atomic mass is 10.2. The van der Waals surface area contributed by atoms with E-state index in [9.17, 15) is 0 Å². The second kappa shape index (κ2) is 5.81. The van der Waals surface area contributed by atoms with Gasteiger partial charge in [-0.15, -0.1) is 11.6 Å². The first-order valence-corrected chi connectivity index (χ1v) is 8.24. The van der Waals surface area contributed by atoms with Gasteiger partial charge in [0, 0.05) is 4.47 Å². The Bertz CT molecular complexity index is 827. The number of alkyl halides is 1. The van der Waals surface area contributed by atoms with Crippen LogP contribution in [0.25, 0.3) is 16.7 Å². The molecular formula is C15H10BrCl3N2. The Labute approximate surface area is 145 Å². The highest BCUT2D eigenvalue weighted by molar-refractivity contribution is 9.10. The van der Waals surface area contributed by atoms with Crippen LogP contribution in [0, 0.1) is 0 Å². The van der Waals surface area contributed by atoms with Gasteiger partial charge in [0.15, 0.2) is 0 Å². The highest BCUT2D eigenvalue weighted by Gasteiger charge is 2.19. The standard InChI is InChI=1S/C15H10BrCl3N2/c1-8(17)15-20-10-4-2-3-5-11(10)21(15)12-7-6-9(16)13(18)14(12)19/h2-8H,1H3. The lowest BCUT2D eigenvalue weighted by molar-refractivity contribution is 0.882. The van der Waals surface area contributed by atoms with Crippen LogP contribution in [-0.2, 0) is 0 Å². The van der Waals surface area contributed by atoms with E-state index in [1.54, 1.807) is 0 Å². The Kier molecular flexibility index (Phi) is 4.19. The molecule has 0 N–H and O–H groups in total. The molecule has 0 aliphatic carbocycles. The van der Waals surface area contributed by atoms with E-state index in [2.05, 4.69) is 20.9 Å². The van der Waals surface area contributed by atoms with Crippen LogP contribution < -0.4 is 0 Å². The van der Waals surface area contributed by atoms with Crippen LogP contribution >= 0.6 is 50.7 Å². The molecule has 3 aromatic rings. The third-order valence-electron chi connectivity index (χ3n) is 3.20. The maximum Gasteiger partial charge on any atom is 0.132 e. The molecule has 0 spiro atoms. The van der Waals surface area contributed by atoms with Gasteiger partial charge < -0.3 is 0 Å². The van der Waals surface area contributed by atoms with Gasteiger partial charge in [-0.05, 0) is 47.1 Å². The van der Waals surface area contributed by atoms with Gasteiger partial charge in [-0.25, -0.2) is 4.98 Å². The number of hydrogen-bond acceptors (Lipinski definition) is 1. The van der Waals surface area contributed by atoms with Crippen LogP contribution in [0.4, 0.5) is 0 Å². The normalized spacial score (nSPS) is 12.8. The Hall–Kier alpha value is -0.740. The first-order chi connectivity index (χ1) is 10.0. The second-order valence-corrected chi connectivity index (χ2v) is 6.87. The molecule has 6 heteroatoms. The predicted molar refractivity (Wildman–Crippen MR) is 93.1 cm³/mol. The van der Waals surface area contributed by atoms with E-state index in [1.165, 1.54) is 0 Å². The molecule has 1 atom stereocenters. The molecule has 108 valence electrons. The average molecular weight is 405 g/mol. The molecule has 0 aliphatic rings. The van der Waals surface area contributed by atoms with Crippen LogP contribution in [-0.4, -0.2) is 9.55 Å². The number of imidazole rings is 1. The van der Waals surface area contributed by atoms with Gasteiger partial charge in [0.05, 0.1) is 32.1 Å². The smallest absolute Gasteiger partial charge is 0.132 e. The summed E-state index contributed by atoms with van der Waals surface area (Å²) in [5.41, 5.74) is 2.58. The Morgan fingerprint density at radius 2 is 1.81 bits per heavy atom. The number of nitrogens with zero attached hydrogens (tertiary/aromatic N) is 2. The molecule has 0 amide bonds. The van der Waals surface area contributed by atoms with Crippen LogP contribution in [0.3, 0.4) is 0 Å². The number of fused-ring (bicyclic) bond motifs is 1. The zero-order valence-corrected chi connectivity index (χ0v) is 14.8. The summed E-state index contributed by atoms with van der Waals surface area (Å²) in [4.78, 5) is 4.60. The van der Waals surface area contributed by atoms with E-state index >= 15 is 0 Å². The monoisotopic (exact) mass is 402 g/mol. The first-order valence-electron chi connectivity index (χ1n) is 6.26. The van der Waals surface area contributed by atoms with E-state index in [0.29, 0.717) is 10.0 Å². The summed E-state index contributed by atoms with van der Waals surface area (Å²) < 4.78 is 2.70. The van der Waals surface area contributed by atoms with Crippen LogP contribution in [0.2, 0.25) is 10.0 Å². The number of halogens is 4. The first kappa shape index (κ1) is 15.2. The molecule has 1 heterocycles. The third kappa shape index (κ3) is 2.57. The van der Waals surface area contributed by atoms with Crippen LogP contribution in [0.5, 0.6) is 0 Å². The number of para-hydroxylation sites is 2. The van der Waals surface area contributed by atoms with Crippen LogP contribution in [0.15, 0.2) is 40.9 Å². The fraction of sp³-hybridized carbons (Fsp3) is 0.133.